The summed E-state index contributed by atoms with van der Waals surface area (Å²) in [7, 11) is 0. The molecule has 0 bridgehead atoms. The molecule has 0 atom stereocenters. The van der Waals surface area contributed by atoms with Crippen molar-refractivity contribution < 1.29 is 53.0 Å². The van der Waals surface area contributed by atoms with Crippen LogP contribution in [0.1, 0.15) is 46.7 Å². The normalized spacial score (nSPS) is 11.2. The molecule has 1 nitrogen and oxygen atoms in total. The second kappa shape index (κ2) is 13.8. The van der Waals surface area contributed by atoms with E-state index in [9.17, 15) is 48.3 Å². The van der Waals surface area contributed by atoms with E-state index in [1.165, 1.54) is 0 Å². The number of rotatable bonds is 6. The van der Waals surface area contributed by atoms with Gasteiger partial charge in [-0.25, -0.2) is 39.5 Å². The van der Waals surface area contributed by atoms with Crippen molar-refractivity contribution in [2.45, 2.75) is 25.9 Å². The zero-order valence-corrected chi connectivity index (χ0v) is 23.3. The van der Waals surface area contributed by atoms with Gasteiger partial charge in [0, 0.05) is 23.3 Å². The minimum absolute atomic E-state index is 0.0911. The highest BCUT2D eigenvalue weighted by Gasteiger charge is 2.41. The fraction of sp³-hybridized carbons (Fsp3) is 0.118. The summed E-state index contributed by atoms with van der Waals surface area (Å²) >= 11 is 0. The van der Waals surface area contributed by atoms with Gasteiger partial charge in [-0.3, -0.25) is 0 Å². The summed E-state index contributed by atoms with van der Waals surface area (Å²) in [5.41, 5.74) is -4.46. The Hall–Kier alpha value is -5.23. The van der Waals surface area contributed by atoms with Crippen LogP contribution in [0.2, 0.25) is 0 Å². The third-order valence-electron chi connectivity index (χ3n) is 6.18. The van der Waals surface area contributed by atoms with Crippen LogP contribution in [0.15, 0.2) is 60.7 Å². The van der Waals surface area contributed by atoms with E-state index in [1.54, 1.807) is 19.1 Å². The van der Waals surface area contributed by atoms with E-state index in [1.807, 2.05) is 11.8 Å². The highest BCUT2D eigenvalue weighted by molar-refractivity contribution is 5.50. The lowest BCUT2D eigenvalue weighted by atomic mass is 10.0. The van der Waals surface area contributed by atoms with Crippen LogP contribution < -0.4 is 4.74 Å². The van der Waals surface area contributed by atoms with Gasteiger partial charge in [0.2, 0.25) is 0 Å². The smallest absolute Gasteiger partial charge is 0.429 e. The molecule has 0 aliphatic heterocycles. The van der Waals surface area contributed by atoms with E-state index < -0.39 is 92.0 Å². The van der Waals surface area contributed by atoms with Gasteiger partial charge in [0.05, 0.1) is 11.1 Å². The molecule has 0 saturated carbocycles. The quantitative estimate of drug-likeness (QED) is 0.0875. The molecular weight excluding hydrogens is 633 g/mol. The van der Waals surface area contributed by atoms with Crippen LogP contribution in [0.25, 0.3) is 0 Å². The molecule has 236 valence electrons. The first-order valence-electron chi connectivity index (χ1n) is 13.0. The maximum Gasteiger partial charge on any atom is 0.432 e. The number of allylic oxidation sites excluding steroid dienone is 2. The van der Waals surface area contributed by atoms with Crippen molar-refractivity contribution in [1.82, 2.24) is 0 Å². The Labute approximate surface area is 254 Å². The number of ether oxygens (including phenoxy) is 1. The number of aryl methyl sites for hydroxylation is 1. The second-order valence-electron chi connectivity index (χ2n) is 9.49. The zero-order chi connectivity index (χ0) is 33.8. The first-order valence-corrected chi connectivity index (χ1v) is 13.0. The van der Waals surface area contributed by atoms with Crippen LogP contribution in [0.4, 0.5) is 48.3 Å². The molecule has 4 aromatic carbocycles. The van der Waals surface area contributed by atoms with E-state index in [-0.39, 0.29) is 24.1 Å². The van der Waals surface area contributed by atoms with Crippen LogP contribution in [0.3, 0.4) is 0 Å². The van der Waals surface area contributed by atoms with Gasteiger partial charge in [0.15, 0.2) is 17.5 Å². The zero-order valence-electron chi connectivity index (χ0n) is 23.3. The van der Waals surface area contributed by atoms with Gasteiger partial charge in [-0.15, -0.1) is 0 Å². The lowest BCUT2D eigenvalue weighted by Crippen LogP contribution is -2.25. The van der Waals surface area contributed by atoms with Gasteiger partial charge < -0.3 is 4.74 Å². The van der Waals surface area contributed by atoms with Crippen LogP contribution in [0, 0.1) is 76.0 Å². The van der Waals surface area contributed by atoms with Crippen molar-refractivity contribution in [1.29, 1.82) is 0 Å². The predicted octanol–water partition coefficient (Wildman–Crippen LogP) is 9.38. The molecule has 4 aromatic rings. The van der Waals surface area contributed by atoms with Crippen LogP contribution in [-0.4, -0.2) is 0 Å². The molecule has 0 amide bonds. The van der Waals surface area contributed by atoms with Crippen molar-refractivity contribution in [2.75, 3.05) is 0 Å². The summed E-state index contributed by atoms with van der Waals surface area (Å²) in [4.78, 5) is 0. The van der Waals surface area contributed by atoms with Crippen molar-refractivity contribution in [3.05, 3.63) is 146 Å². The third-order valence-corrected chi connectivity index (χ3v) is 6.18. The van der Waals surface area contributed by atoms with Crippen LogP contribution in [0.5, 0.6) is 5.75 Å². The van der Waals surface area contributed by atoms with E-state index >= 15 is 0 Å². The lowest BCUT2D eigenvalue weighted by molar-refractivity contribution is -0.189. The molecule has 4 rings (SSSR count). The largest absolute Gasteiger partial charge is 0.432 e. The molecule has 0 spiro atoms. The monoisotopic (exact) mass is 650 g/mol. The molecule has 46 heavy (non-hydrogen) atoms. The van der Waals surface area contributed by atoms with Gasteiger partial charge in [0.1, 0.15) is 46.2 Å². The third kappa shape index (κ3) is 7.70. The van der Waals surface area contributed by atoms with Crippen molar-refractivity contribution in [2.24, 2.45) is 0 Å². The fourth-order valence-electron chi connectivity index (χ4n) is 4.05. The molecule has 0 heterocycles. The Bertz CT molecular complexity index is 1880. The van der Waals surface area contributed by atoms with Gasteiger partial charge in [-0.1, -0.05) is 35.8 Å². The molecule has 0 radical (unpaired) electrons. The van der Waals surface area contributed by atoms with E-state index in [4.69, 9.17) is 0 Å². The van der Waals surface area contributed by atoms with Crippen LogP contribution >= 0.6 is 0 Å². The SMILES string of the molecule is C/C=C/CCc1cc(F)c(C(F)(F)Oc2cc(F)c(C#Cc3cc(F)c(C#Cc4cc(F)c(F)c(F)c4)c(F)c3)c(F)c2)c(F)c1. The van der Waals surface area contributed by atoms with E-state index in [0.717, 1.165) is 0 Å². The number of alkyl halides is 2. The number of benzene rings is 4. The highest BCUT2D eigenvalue weighted by atomic mass is 19.3. The summed E-state index contributed by atoms with van der Waals surface area (Å²) in [6.07, 6.45) is -0.743. The van der Waals surface area contributed by atoms with E-state index in [0.29, 0.717) is 42.8 Å². The summed E-state index contributed by atoms with van der Waals surface area (Å²) in [6.45, 7) is 1.73. The average molecular weight is 650 g/mol. The lowest BCUT2D eigenvalue weighted by Gasteiger charge is -2.20. The Morgan fingerprint density at radius 2 is 1.02 bits per heavy atom. The molecule has 0 saturated heterocycles. The summed E-state index contributed by atoms with van der Waals surface area (Å²) in [6, 6.07) is 4.16. The molecule has 0 fully saturated rings. The minimum Gasteiger partial charge on any atom is -0.429 e. The molecule has 0 aromatic heterocycles. The maximum absolute atomic E-state index is 14.7. The Morgan fingerprint density at radius 3 is 1.48 bits per heavy atom. The van der Waals surface area contributed by atoms with Gasteiger partial charge >= 0.3 is 6.11 Å². The topological polar surface area (TPSA) is 9.23 Å². The molecule has 12 heteroatoms. The Kier molecular flexibility index (Phi) is 10.1. The molecular formula is C34H17F11O. The summed E-state index contributed by atoms with van der Waals surface area (Å²) < 4.78 is 161. The number of hydrogen-bond acceptors (Lipinski definition) is 1. The highest BCUT2D eigenvalue weighted by Crippen LogP contribution is 2.36. The molecule has 0 unspecified atom stereocenters. The Balaban J connectivity index is 1.56. The van der Waals surface area contributed by atoms with Gasteiger partial charge in [0.25, 0.3) is 0 Å². The van der Waals surface area contributed by atoms with Crippen LogP contribution in [-0.2, 0) is 12.5 Å². The predicted molar refractivity (Wildman–Crippen MR) is 145 cm³/mol. The number of hydrogen-bond donors (Lipinski definition) is 0. The fourth-order valence-corrected chi connectivity index (χ4v) is 4.05. The summed E-state index contributed by atoms with van der Waals surface area (Å²) in [5.74, 6) is -6.98. The second-order valence-corrected chi connectivity index (χ2v) is 9.49. The molecule has 0 N–H and O–H groups in total. The Morgan fingerprint density at radius 1 is 0.587 bits per heavy atom. The maximum atomic E-state index is 14.7. The first kappa shape index (κ1) is 33.7. The first-order chi connectivity index (χ1) is 21.7. The molecule has 0 aliphatic rings. The van der Waals surface area contributed by atoms with Crippen molar-refractivity contribution in [3.63, 3.8) is 0 Å². The summed E-state index contributed by atoms with van der Waals surface area (Å²) in [5, 5.41) is 0. The van der Waals surface area contributed by atoms with Crippen molar-refractivity contribution >= 4 is 0 Å². The van der Waals surface area contributed by atoms with E-state index in [2.05, 4.69) is 16.6 Å². The minimum atomic E-state index is -4.69. The average Bonchev–Trinajstić information content (AvgIpc) is 2.94. The van der Waals surface area contributed by atoms with Gasteiger partial charge in [-0.05, 0) is 61.7 Å². The standard InChI is InChI=1S/C34H17F11O/c1-2-3-4-5-18-12-28(39)32(29(40)13-18)34(44,45)46-21-16-26(37)23(27(38)17-21)9-6-19-10-24(35)22(25(36)11-19)8-7-20-14-30(41)33(43)31(42)15-20/h2-3,10-17H,4-5H2,1H3/b3-2+. The van der Waals surface area contributed by atoms with Gasteiger partial charge in [-0.2, -0.15) is 8.78 Å². The number of halogens is 11. The van der Waals surface area contributed by atoms with Crippen molar-refractivity contribution in [3.8, 4) is 29.4 Å². The molecule has 0 aliphatic carbocycles.